The van der Waals surface area contributed by atoms with Crippen LogP contribution in [0.25, 0.3) is 0 Å². The Bertz CT molecular complexity index is 916. The summed E-state index contributed by atoms with van der Waals surface area (Å²) in [5.41, 5.74) is 2.21. The van der Waals surface area contributed by atoms with Gasteiger partial charge in [0.05, 0.1) is 11.7 Å². The number of carbonyl (C=O) groups is 1. The molecular weight excluding hydrogens is 402 g/mol. The molecule has 32 heavy (non-hydrogen) atoms. The fourth-order valence-electron chi connectivity index (χ4n) is 5.02. The molecule has 2 atom stereocenters. The number of ether oxygens (including phenoxy) is 2. The van der Waals surface area contributed by atoms with Gasteiger partial charge >= 0.3 is 0 Å². The highest BCUT2D eigenvalue weighted by Gasteiger charge is 2.31. The van der Waals surface area contributed by atoms with E-state index in [-0.39, 0.29) is 17.9 Å². The van der Waals surface area contributed by atoms with Crippen LogP contribution in [-0.2, 0) is 11.3 Å². The van der Waals surface area contributed by atoms with Crippen molar-refractivity contribution in [2.75, 3.05) is 19.8 Å². The molecule has 2 fully saturated rings. The third kappa shape index (κ3) is 4.90. The normalized spacial score (nSPS) is 22.1. The maximum absolute atomic E-state index is 12.8. The van der Waals surface area contributed by atoms with Gasteiger partial charge in [-0.25, -0.2) is 0 Å². The number of piperidine rings is 1. The average molecular weight is 436 g/mol. The molecule has 3 aliphatic rings. The van der Waals surface area contributed by atoms with E-state index in [4.69, 9.17) is 9.47 Å². The molecule has 1 amide bonds. The van der Waals surface area contributed by atoms with Crippen LogP contribution in [-0.4, -0.2) is 41.6 Å². The van der Waals surface area contributed by atoms with E-state index < -0.39 is 0 Å². The third-order valence-corrected chi connectivity index (χ3v) is 7.09. The average Bonchev–Trinajstić information content (AvgIpc) is 2.79. The van der Waals surface area contributed by atoms with Gasteiger partial charge in [0.25, 0.3) is 0 Å². The second-order valence-corrected chi connectivity index (χ2v) is 9.28. The molecule has 0 unspecified atom stereocenters. The first-order valence-corrected chi connectivity index (χ1v) is 12.1. The molecule has 0 spiro atoms. The van der Waals surface area contributed by atoms with Crippen molar-refractivity contribution in [2.24, 2.45) is 5.92 Å². The van der Waals surface area contributed by atoms with E-state index in [1.807, 2.05) is 30.5 Å². The molecule has 1 saturated carbocycles. The Morgan fingerprint density at radius 3 is 2.72 bits per heavy atom. The minimum Gasteiger partial charge on any atom is -0.486 e. The number of pyridine rings is 1. The van der Waals surface area contributed by atoms with E-state index in [0.29, 0.717) is 19.3 Å². The molecule has 1 N–H and O–H groups in total. The van der Waals surface area contributed by atoms with E-state index in [1.165, 1.54) is 18.4 Å². The molecular formula is C26H33N3O3. The summed E-state index contributed by atoms with van der Waals surface area (Å²) in [4.78, 5) is 19.9. The van der Waals surface area contributed by atoms with Crippen LogP contribution in [0.15, 0.2) is 42.6 Å². The lowest BCUT2D eigenvalue weighted by molar-refractivity contribution is -0.128. The van der Waals surface area contributed by atoms with Crippen LogP contribution >= 0.6 is 0 Å². The van der Waals surface area contributed by atoms with Crippen molar-refractivity contribution in [1.29, 1.82) is 0 Å². The van der Waals surface area contributed by atoms with Crippen molar-refractivity contribution in [3.63, 3.8) is 0 Å². The van der Waals surface area contributed by atoms with Gasteiger partial charge < -0.3 is 14.8 Å². The van der Waals surface area contributed by atoms with Crippen LogP contribution in [0.1, 0.15) is 62.2 Å². The molecule has 0 bridgehead atoms. The maximum Gasteiger partial charge on any atom is 0.223 e. The van der Waals surface area contributed by atoms with Crippen molar-refractivity contribution in [3.05, 3.63) is 53.9 Å². The lowest BCUT2D eigenvalue weighted by atomic mass is 9.84. The molecule has 1 aliphatic carbocycles. The standard InChI is InChI=1S/C26H33N3O3/c30-26(20-6-5-7-20)28-23(22-9-1-3-12-27-22)17-21-8-2-4-13-29(21)18-19-10-11-24-25(16-19)32-15-14-31-24/h1,3,9-12,16,20-21,23H,2,4-8,13-15,17-18H2,(H,28,30)/t21-,23+/m1/s1. The molecule has 0 radical (unpaired) electrons. The quantitative estimate of drug-likeness (QED) is 0.704. The fraction of sp³-hybridized carbons (Fsp3) is 0.538. The minimum atomic E-state index is -0.0461. The first-order chi connectivity index (χ1) is 15.8. The topological polar surface area (TPSA) is 63.7 Å². The van der Waals surface area contributed by atoms with E-state index >= 15 is 0 Å². The number of hydrogen-bond acceptors (Lipinski definition) is 5. The Morgan fingerprint density at radius 2 is 1.94 bits per heavy atom. The van der Waals surface area contributed by atoms with E-state index in [0.717, 1.165) is 62.4 Å². The van der Waals surface area contributed by atoms with Gasteiger partial charge in [-0.05, 0) is 68.5 Å². The fourth-order valence-corrected chi connectivity index (χ4v) is 5.02. The summed E-state index contributed by atoms with van der Waals surface area (Å²) in [6.07, 6.45) is 9.50. The van der Waals surface area contributed by atoms with Gasteiger partial charge in [0.1, 0.15) is 13.2 Å². The summed E-state index contributed by atoms with van der Waals surface area (Å²) in [6.45, 7) is 3.18. The van der Waals surface area contributed by atoms with Gasteiger partial charge in [0.15, 0.2) is 11.5 Å². The number of carbonyl (C=O) groups excluding carboxylic acids is 1. The first-order valence-electron chi connectivity index (χ1n) is 12.1. The molecule has 6 heteroatoms. The second-order valence-electron chi connectivity index (χ2n) is 9.28. The van der Waals surface area contributed by atoms with E-state index in [2.05, 4.69) is 27.3 Å². The zero-order valence-corrected chi connectivity index (χ0v) is 18.7. The van der Waals surface area contributed by atoms with Crippen LogP contribution in [0, 0.1) is 5.92 Å². The molecule has 6 nitrogen and oxygen atoms in total. The summed E-state index contributed by atoms with van der Waals surface area (Å²) < 4.78 is 11.5. The number of hydrogen-bond donors (Lipinski definition) is 1. The van der Waals surface area contributed by atoms with Gasteiger partial charge in [-0.3, -0.25) is 14.7 Å². The smallest absolute Gasteiger partial charge is 0.223 e. The van der Waals surface area contributed by atoms with Crippen molar-refractivity contribution < 1.29 is 14.3 Å². The SMILES string of the molecule is O=C(N[C@@H](C[C@H]1CCCCN1Cc1ccc2c(c1)OCCO2)c1ccccn1)C1CCC1. The Hall–Kier alpha value is -2.60. The lowest BCUT2D eigenvalue weighted by Gasteiger charge is -2.38. The molecule has 2 aromatic rings. The van der Waals surface area contributed by atoms with Crippen molar-refractivity contribution >= 4 is 5.91 Å². The lowest BCUT2D eigenvalue weighted by Crippen LogP contribution is -2.44. The Morgan fingerprint density at radius 1 is 1.06 bits per heavy atom. The number of fused-ring (bicyclic) bond motifs is 1. The third-order valence-electron chi connectivity index (χ3n) is 7.09. The summed E-state index contributed by atoms with van der Waals surface area (Å²) in [6, 6.07) is 12.6. The predicted molar refractivity (Wildman–Crippen MR) is 123 cm³/mol. The number of aromatic nitrogens is 1. The monoisotopic (exact) mass is 435 g/mol. The van der Waals surface area contributed by atoms with Gasteiger partial charge in [0, 0.05) is 24.7 Å². The first kappa shape index (κ1) is 21.3. The van der Waals surface area contributed by atoms with Gasteiger partial charge in [-0.15, -0.1) is 0 Å². The molecule has 1 saturated heterocycles. The Balaban J connectivity index is 1.30. The molecule has 170 valence electrons. The van der Waals surface area contributed by atoms with Crippen molar-refractivity contribution in [1.82, 2.24) is 15.2 Å². The minimum absolute atomic E-state index is 0.0461. The Labute approximate surface area is 190 Å². The van der Waals surface area contributed by atoms with Crippen molar-refractivity contribution in [2.45, 2.75) is 63.6 Å². The molecule has 1 aromatic heterocycles. The number of nitrogens with zero attached hydrogens (tertiary/aromatic N) is 2. The molecule has 1 aromatic carbocycles. The largest absolute Gasteiger partial charge is 0.486 e. The van der Waals surface area contributed by atoms with Gasteiger partial charge in [0.2, 0.25) is 5.91 Å². The highest BCUT2D eigenvalue weighted by Crippen LogP contribution is 2.33. The molecule has 2 aliphatic heterocycles. The predicted octanol–water partition coefficient (Wildman–Crippen LogP) is 4.26. The van der Waals surface area contributed by atoms with Crippen molar-refractivity contribution in [3.8, 4) is 11.5 Å². The van der Waals surface area contributed by atoms with E-state index in [1.54, 1.807) is 0 Å². The molecule has 3 heterocycles. The van der Waals surface area contributed by atoms with Gasteiger partial charge in [-0.2, -0.15) is 0 Å². The summed E-state index contributed by atoms with van der Waals surface area (Å²) in [7, 11) is 0. The highest BCUT2D eigenvalue weighted by atomic mass is 16.6. The highest BCUT2D eigenvalue weighted by molar-refractivity contribution is 5.79. The van der Waals surface area contributed by atoms with Crippen LogP contribution in [0.4, 0.5) is 0 Å². The van der Waals surface area contributed by atoms with Crippen LogP contribution in [0.5, 0.6) is 11.5 Å². The number of amides is 1. The number of nitrogens with one attached hydrogen (secondary N) is 1. The van der Waals surface area contributed by atoms with Crippen LogP contribution in [0.3, 0.4) is 0 Å². The maximum atomic E-state index is 12.8. The zero-order valence-electron chi connectivity index (χ0n) is 18.7. The summed E-state index contributed by atoms with van der Waals surface area (Å²) >= 11 is 0. The van der Waals surface area contributed by atoms with Crippen LogP contribution in [0.2, 0.25) is 0 Å². The van der Waals surface area contributed by atoms with E-state index in [9.17, 15) is 4.79 Å². The summed E-state index contributed by atoms with van der Waals surface area (Å²) in [5, 5.41) is 3.34. The zero-order chi connectivity index (χ0) is 21.8. The molecule has 5 rings (SSSR count). The second kappa shape index (κ2) is 9.90. The number of rotatable bonds is 7. The number of benzene rings is 1. The van der Waals surface area contributed by atoms with Gasteiger partial charge in [-0.1, -0.05) is 25.0 Å². The van der Waals surface area contributed by atoms with Crippen LogP contribution < -0.4 is 14.8 Å². The summed E-state index contributed by atoms with van der Waals surface area (Å²) in [5.74, 6) is 2.06. The Kier molecular flexibility index (Phi) is 6.58. The number of likely N-dealkylation sites (tertiary alicyclic amines) is 1.